The number of ether oxygens (including phenoxy) is 3. The lowest BCUT2D eigenvalue weighted by Gasteiger charge is -2.18. The van der Waals surface area contributed by atoms with Crippen molar-refractivity contribution in [2.45, 2.75) is 26.7 Å². The molecule has 0 atom stereocenters. The molecule has 0 bridgehead atoms. The van der Waals surface area contributed by atoms with Gasteiger partial charge >= 0.3 is 5.97 Å². The number of aryl methyl sites for hydroxylation is 1. The SMILES string of the molecule is Cc1ccc(C(=O)c2c(OCc3ccccc3)cc(OCc3ccccc3)cc2C(=O)O)cc1.c1ccc2c(c1)CO2. The van der Waals surface area contributed by atoms with Crippen LogP contribution in [0, 0.1) is 6.92 Å². The third-order valence-corrected chi connectivity index (χ3v) is 6.69. The number of carbonyl (C=O) groups excluding carboxylic acids is 1. The highest BCUT2D eigenvalue weighted by Crippen LogP contribution is 2.33. The molecule has 0 spiro atoms. The van der Waals surface area contributed by atoms with Gasteiger partial charge in [-0.1, -0.05) is 109 Å². The maximum Gasteiger partial charge on any atom is 0.336 e. The van der Waals surface area contributed by atoms with E-state index in [1.54, 1.807) is 18.2 Å². The van der Waals surface area contributed by atoms with Gasteiger partial charge in [-0.25, -0.2) is 4.79 Å². The first-order chi connectivity index (χ1) is 20.5. The van der Waals surface area contributed by atoms with Crippen molar-refractivity contribution in [3.63, 3.8) is 0 Å². The fourth-order valence-corrected chi connectivity index (χ4v) is 4.35. The van der Waals surface area contributed by atoms with Gasteiger partial charge in [0.05, 0.1) is 11.1 Å². The van der Waals surface area contributed by atoms with Gasteiger partial charge in [0, 0.05) is 17.2 Å². The van der Waals surface area contributed by atoms with E-state index in [-0.39, 0.29) is 30.1 Å². The Hall–Kier alpha value is -5.36. The van der Waals surface area contributed by atoms with E-state index in [1.165, 1.54) is 11.6 Å². The minimum absolute atomic E-state index is 0.000606. The van der Waals surface area contributed by atoms with Gasteiger partial charge in [-0.05, 0) is 30.2 Å². The van der Waals surface area contributed by atoms with Crippen LogP contribution in [0.3, 0.4) is 0 Å². The molecule has 1 N–H and O–H groups in total. The van der Waals surface area contributed by atoms with Crippen molar-refractivity contribution < 1.29 is 28.9 Å². The van der Waals surface area contributed by atoms with Crippen LogP contribution in [0.25, 0.3) is 0 Å². The molecule has 210 valence electrons. The zero-order chi connectivity index (χ0) is 29.3. The number of aromatic carboxylic acids is 1. The van der Waals surface area contributed by atoms with Crippen molar-refractivity contribution in [2.75, 3.05) is 0 Å². The van der Waals surface area contributed by atoms with Crippen LogP contribution in [0.1, 0.15) is 48.5 Å². The fraction of sp³-hybridized carbons (Fsp3) is 0.111. The second-order valence-electron chi connectivity index (χ2n) is 9.79. The fourth-order valence-electron chi connectivity index (χ4n) is 4.35. The monoisotopic (exact) mass is 558 g/mol. The molecule has 0 aliphatic carbocycles. The molecule has 6 heteroatoms. The van der Waals surface area contributed by atoms with Crippen molar-refractivity contribution in [1.29, 1.82) is 0 Å². The first kappa shape index (κ1) is 28.2. The molecule has 42 heavy (non-hydrogen) atoms. The highest BCUT2D eigenvalue weighted by atomic mass is 16.5. The largest absolute Gasteiger partial charge is 0.489 e. The molecule has 6 rings (SSSR count). The lowest BCUT2D eigenvalue weighted by atomic mass is 9.96. The standard InChI is InChI=1S/C29H24O5.C7H6O/c1-20-12-14-23(15-13-20)28(30)27-25(29(31)32)16-24(33-18-21-8-4-2-5-9-21)17-26(27)34-19-22-10-6-3-7-11-22;1-2-4-7-6(3-1)5-8-7/h2-17H,18-19H2,1H3,(H,31,32);1-4H,5H2. The molecule has 1 aliphatic rings. The van der Waals surface area contributed by atoms with Crippen LogP contribution >= 0.6 is 0 Å². The molecular formula is C36H30O6. The third kappa shape index (κ3) is 7.04. The van der Waals surface area contributed by atoms with Crippen LogP contribution in [0.2, 0.25) is 0 Å². The van der Waals surface area contributed by atoms with E-state index in [9.17, 15) is 14.7 Å². The van der Waals surface area contributed by atoms with E-state index in [0.717, 1.165) is 29.0 Å². The van der Waals surface area contributed by atoms with Gasteiger partial charge in [0.25, 0.3) is 0 Å². The molecule has 0 saturated carbocycles. The molecule has 0 radical (unpaired) electrons. The maximum atomic E-state index is 13.4. The van der Waals surface area contributed by atoms with Crippen LogP contribution in [0.5, 0.6) is 17.2 Å². The number of benzene rings is 5. The molecule has 5 aromatic rings. The van der Waals surface area contributed by atoms with Crippen molar-refractivity contribution in [2.24, 2.45) is 0 Å². The zero-order valence-electron chi connectivity index (χ0n) is 23.2. The number of hydrogen-bond donors (Lipinski definition) is 1. The quantitative estimate of drug-likeness (QED) is 0.187. The number of fused-ring (bicyclic) bond motifs is 1. The van der Waals surface area contributed by atoms with Crippen LogP contribution in [0.4, 0.5) is 0 Å². The number of ketones is 1. The minimum Gasteiger partial charge on any atom is -0.489 e. The summed E-state index contributed by atoms with van der Waals surface area (Å²) in [7, 11) is 0. The van der Waals surface area contributed by atoms with Gasteiger partial charge in [-0.3, -0.25) is 4.79 Å². The summed E-state index contributed by atoms with van der Waals surface area (Å²) in [5.74, 6) is -0.130. The predicted molar refractivity (Wildman–Crippen MR) is 160 cm³/mol. The Balaban J connectivity index is 0.000000375. The highest BCUT2D eigenvalue weighted by molar-refractivity contribution is 6.16. The summed E-state index contributed by atoms with van der Waals surface area (Å²) in [5.41, 5.74) is 4.37. The van der Waals surface area contributed by atoms with Crippen LogP contribution in [-0.2, 0) is 19.8 Å². The Kier molecular flexibility index (Phi) is 8.94. The van der Waals surface area contributed by atoms with Gasteiger partial charge in [-0.2, -0.15) is 0 Å². The molecule has 1 aliphatic heterocycles. The summed E-state index contributed by atoms with van der Waals surface area (Å²) in [6.45, 7) is 3.15. The number of carboxylic acids is 1. The number of carboxylic acid groups (broad SMARTS) is 1. The summed E-state index contributed by atoms with van der Waals surface area (Å²) < 4.78 is 17.0. The van der Waals surface area contributed by atoms with Crippen molar-refractivity contribution >= 4 is 11.8 Å². The number of carbonyl (C=O) groups is 2. The Morgan fingerprint density at radius 3 is 1.86 bits per heavy atom. The minimum atomic E-state index is -1.23. The summed E-state index contributed by atoms with van der Waals surface area (Å²) in [6.07, 6.45) is 0. The molecule has 0 unspecified atom stereocenters. The van der Waals surface area contributed by atoms with Crippen molar-refractivity contribution in [3.8, 4) is 17.2 Å². The molecule has 1 heterocycles. The normalized spacial score (nSPS) is 11.1. The van der Waals surface area contributed by atoms with Gasteiger partial charge in [0.15, 0.2) is 5.78 Å². The van der Waals surface area contributed by atoms with E-state index in [1.807, 2.05) is 97.9 Å². The molecule has 0 fully saturated rings. The van der Waals surface area contributed by atoms with E-state index >= 15 is 0 Å². The average Bonchev–Trinajstić information content (AvgIpc) is 3.01. The first-order valence-corrected chi connectivity index (χ1v) is 13.5. The summed E-state index contributed by atoms with van der Waals surface area (Å²) >= 11 is 0. The second-order valence-corrected chi connectivity index (χ2v) is 9.79. The molecular weight excluding hydrogens is 528 g/mol. The van der Waals surface area contributed by atoms with Crippen molar-refractivity contribution in [3.05, 3.63) is 160 Å². The zero-order valence-corrected chi connectivity index (χ0v) is 23.2. The number of para-hydroxylation sites is 1. The van der Waals surface area contributed by atoms with E-state index in [2.05, 4.69) is 6.07 Å². The Labute approximate surface area is 244 Å². The van der Waals surface area contributed by atoms with Crippen molar-refractivity contribution in [1.82, 2.24) is 0 Å². The predicted octanol–water partition coefficient (Wildman–Crippen LogP) is 7.66. The second kappa shape index (κ2) is 13.3. The Morgan fingerprint density at radius 1 is 0.738 bits per heavy atom. The van der Waals surface area contributed by atoms with Crippen LogP contribution < -0.4 is 14.2 Å². The molecule has 0 saturated heterocycles. The van der Waals surface area contributed by atoms with Gasteiger partial charge in [-0.15, -0.1) is 0 Å². The van der Waals surface area contributed by atoms with E-state index in [0.29, 0.717) is 11.3 Å². The van der Waals surface area contributed by atoms with Crippen LogP contribution in [0.15, 0.2) is 121 Å². The van der Waals surface area contributed by atoms with E-state index in [4.69, 9.17) is 14.2 Å². The van der Waals surface area contributed by atoms with Gasteiger partial charge in [0.1, 0.15) is 37.1 Å². The molecule has 0 amide bonds. The van der Waals surface area contributed by atoms with E-state index < -0.39 is 11.8 Å². The summed E-state index contributed by atoms with van der Waals surface area (Å²) in [6, 6.07) is 37.1. The molecule has 0 aromatic heterocycles. The lowest BCUT2D eigenvalue weighted by Crippen LogP contribution is -2.13. The highest BCUT2D eigenvalue weighted by Gasteiger charge is 2.25. The number of rotatable bonds is 9. The first-order valence-electron chi connectivity index (χ1n) is 13.5. The average molecular weight is 559 g/mol. The van der Waals surface area contributed by atoms with Crippen LogP contribution in [-0.4, -0.2) is 16.9 Å². The summed E-state index contributed by atoms with van der Waals surface area (Å²) in [4.78, 5) is 25.6. The molecule has 5 aromatic carbocycles. The maximum absolute atomic E-state index is 13.4. The molecule has 6 nitrogen and oxygen atoms in total. The Bertz CT molecular complexity index is 1640. The Morgan fingerprint density at radius 2 is 1.33 bits per heavy atom. The summed E-state index contributed by atoms with van der Waals surface area (Å²) in [5, 5.41) is 9.96. The van der Waals surface area contributed by atoms with Gasteiger partial charge in [0.2, 0.25) is 0 Å². The third-order valence-electron chi connectivity index (χ3n) is 6.69. The number of hydrogen-bond acceptors (Lipinski definition) is 5. The smallest absolute Gasteiger partial charge is 0.336 e. The lowest BCUT2D eigenvalue weighted by molar-refractivity contribution is 0.0691. The van der Waals surface area contributed by atoms with Gasteiger partial charge < -0.3 is 19.3 Å². The topological polar surface area (TPSA) is 82.1 Å².